The van der Waals surface area contributed by atoms with E-state index < -0.39 is 5.97 Å². The Labute approximate surface area is 123 Å². The number of benzene rings is 1. The minimum Gasteiger partial charge on any atom is -0.490 e. The minimum atomic E-state index is -0.432. The molecule has 0 saturated carbocycles. The SMILES string of the molecule is COc1ccc(C(=O)OCCOc2ccccc2C)cn1. The highest BCUT2D eigenvalue weighted by atomic mass is 16.6. The molecule has 2 aromatic rings. The molecule has 0 aliphatic carbocycles. The molecule has 0 N–H and O–H groups in total. The van der Waals surface area contributed by atoms with Crippen molar-refractivity contribution in [2.24, 2.45) is 0 Å². The molecule has 0 unspecified atom stereocenters. The van der Waals surface area contributed by atoms with E-state index in [9.17, 15) is 4.79 Å². The minimum absolute atomic E-state index is 0.180. The molecule has 0 aliphatic rings. The number of aryl methyl sites for hydroxylation is 1. The van der Waals surface area contributed by atoms with Crippen LogP contribution in [-0.2, 0) is 4.74 Å². The van der Waals surface area contributed by atoms with Crippen molar-refractivity contribution in [1.29, 1.82) is 0 Å². The fraction of sp³-hybridized carbons (Fsp3) is 0.250. The second-order valence-electron chi connectivity index (χ2n) is 4.34. The second-order valence-corrected chi connectivity index (χ2v) is 4.34. The molecule has 1 heterocycles. The van der Waals surface area contributed by atoms with Crippen molar-refractivity contribution in [2.45, 2.75) is 6.92 Å². The molecule has 0 spiro atoms. The van der Waals surface area contributed by atoms with Gasteiger partial charge in [0.2, 0.25) is 5.88 Å². The van der Waals surface area contributed by atoms with Gasteiger partial charge in [0.1, 0.15) is 19.0 Å². The lowest BCUT2D eigenvalue weighted by Crippen LogP contribution is -2.13. The van der Waals surface area contributed by atoms with Gasteiger partial charge in [-0.05, 0) is 24.6 Å². The van der Waals surface area contributed by atoms with Crippen LogP contribution in [-0.4, -0.2) is 31.3 Å². The van der Waals surface area contributed by atoms with Crippen molar-refractivity contribution < 1.29 is 19.0 Å². The molecule has 0 fully saturated rings. The highest BCUT2D eigenvalue weighted by Gasteiger charge is 2.08. The number of esters is 1. The Balaban J connectivity index is 1.77. The van der Waals surface area contributed by atoms with E-state index in [1.807, 2.05) is 31.2 Å². The average molecular weight is 287 g/mol. The van der Waals surface area contributed by atoms with Crippen LogP contribution in [0.25, 0.3) is 0 Å². The standard InChI is InChI=1S/C16H17NO4/c1-12-5-3-4-6-14(12)20-9-10-21-16(18)13-7-8-15(19-2)17-11-13/h3-8,11H,9-10H2,1-2H3. The number of hydrogen-bond acceptors (Lipinski definition) is 5. The molecule has 5 heteroatoms. The van der Waals surface area contributed by atoms with E-state index in [4.69, 9.17) is 14.2 Å². The van der Waals surface area contributed by atoms with Crippen molar-refractivity contribution >= 4 is 5.97 Å². The Morgan fingerprint density at radius 2 is 1.95 bits per heavy atom. The normalized spacial score (nSPS) is 10.0. The van der Waals surface area contributed by atoms with Crippen LogP contribution in [0.5, 0.6) is 11.6 Å². The fourth-order valence-corrected chi connectivity index (χ4v) is 1.71. The van der Waals surface area contributed by atoms with E-state index >= 15 is 0 Å². The summed E-state index contributed by atoms with van der Waals surface area (Å²) in [5.41, 5.74) is 1.43. The number of carbonyl (C=O) groups is 1. The first-order valence-electron chi connectivity index (χ1n) is 6.56. The first-order valence-corrected chi connectivity index (χ1v) is 6.56. The smallest absolute Gasteiger partial charge is 0.339 e. The molecule has 2 rings (SSSR count). The second kappa shape index (κ2) is 7.28. The third-order valence-electron chi connectivity index (χ3n) is 2.85. The first-order chi connectivity index (χ1) is 10.2. The number of aromatic nitrogens is 1. The topological polar surface area (TPSA) is 57.7 Å². The lowest BCUT2D eigenvalue weighted by atomic mass is 10.2. The van der Waals surface area contributed by atoms with Crippen molar-refractivity contribution in [2.75, 3.05) is 20.3 Å². The summed E-state index contributed by atoms with van der Waals surface area (Å²) in [6, 6.07) is 10.9. The summed E-state index contributed by atoms with van der Waals surface area (Å²) in [6.45, 7) is 2.45. The number of para-hydroxylation sites is 1. The summed E-state index contributed by atoms with van der Waals surface area (Å²) < 4.78 is 15.6. The number of rotatable bonds is 6. The third-order valence-corrected chi connectivity index (χ3v) is 2.85. The van der Waals surface area contributed by atoms with Crippen LogP contribution in [0.4, 0.5) is 0 Å². The zero-order valence-corrected chi connectivity index (χ0v) is 12.0. The largest absolute Gasteiger partial charge is 0.490 e. The number of carbonyl (C=O) groups excluding carboxylic acids is 1. The summed E-state index contributed by atoms with van der Waals surface area (Å²) in [5.74, 6) is 0.813. The van der Waals surface area contributed by atoms with E-state index in [2.05, 4.69) is 4.98 Å². The van der Waals surface area contributed by atoms with E-state index in [0.717, 1.165) is 11.3 Å². The quantitative estimate of drug-likeness (QED) is 0.604. The Morgan fingerprint density at radius 3 is 2.62 bits per heavy atom. The predicted molar refractivity (Wildman–Crippen MR) is 77.7 cm³/mol. The van der Waals surface area contributed by atoms with Gasteiger partial charge in [-0.1, -0.05) is 18.2 Å². The van der Waals surface area contributed by atoms with Gasteiger partial charge in [0, 0.05) is 12.3 Å². The van der Waals surface area contributed by atoms with Crippen LogP contribution < -0.4 is 9.47 Å². The maximum atomic E-state index is 11.8. The molecule has 0 aliphatic heterocycles. The van der Waals surface area contributed by atoms with Crippen molar-refractivity contribution in [3.8, 4) is 11.6 Å². The summed E-state index contributed by atoms with van der Waals surface area (Å²) in [7, 11) is 1.52. The van der Waals surface area contributed by atoms with Gasteiger partial charge in [-0.15, -0.1) is 0 Å². The van der Waals surface area contributed by atoms with Gasteiger partial charge in [0.25, 0.3) is 0 Å². The van der Waals surface area contributed by atoms with Crippen molar-refractivity contribution in [3.05, 3.63) is 53.7 Å². The number of nitrogens with zero attached hydrogens (tertiary/aromatic N) is 1. The van der Waals surface area contributed by atoms with Gasteiger partial charge < -0.3 is 14.2 Å². The number of pyridine rings is 1. The molecule has 0 bridgehead atoms. The maximum absolute atomic E-state index is 11.8. The Bertz CT molecular complexity index is 595. The maximum Gasteiger partial charge on any atom is 0.339 e. The molecule has 0 atom stereocenters. The van der Waals surface area contributed by atoms with Crippen LogP contribution in [0.2, 0.25) is 0 Å². The Morgan fingerprint density at radius 1 is 1.14 bits per heavy atom. The Kier molecular flexibility index (Phi) is 5.15. The highest BCUT2D eigenvalue weighted by molar-refractivity contribution is 5.89. The van der Waals surface area contributed by atoms with Crippen LogP contribution in [0, 0.1) is 6.92 Å². The lowest BCUT2D eigenvalue weighted by molar-refractivity contribution is 0.0449. The van der Waals surface area contributed by atoms with Gasteiger partial charge >= 0.3 is 5.97 Å². The molecule has 21 heavy (non-hydrogen) atoms. The monoisotopic (exact) mass is 287 g/mol. The fourth-order valence-electron chi connectivity index (χ4n) is 1.71. The molecule has 110 valence electrons. The molecule has 0 saturated heterocycles. The van der Waals surface area contributed by atoms with E-state index in [1.165, 1.54) is 13.3 Å². The molecular formula is C16H17NO4. The van der Waals surface area contributed by atoms with Gasteiger partial charge in [-0.25, -0.2) is 9.78 Å². The zero-order valence-electron chi connectivity index (χ0n) is 12.0. The van der Waals surface area contributed by atoms with Gasteiger partial charge in [0.05, 0.1) is 12.7 Å². The van der Waals surface area contributed by atoms with Gasteiger partial charge in [-0.2, -0.15) is 0 Å². The van der Waals surface area contributed by atoms with Crippen molar-refractivity contribution in [3.63, 3.8) is 0 Å². The van der Waals surface area contributed by atoms with Gasteiger partial charge in [0.15, 0.2) is 0 Å². The summed E-state index contributed by atoms with van der Waals surface area (Å²) >= 11 is 0. The lowest BCUT2D eigenvalue weighted by Gasteiger charge is -2.09. The van der Waals surface area contributed by atoms with E-state index in [-0.39, 0.29) is 6.61 Å². The highest BCUT2D eigenvalue weighted by Crippen LogP contribution is 2.15. The number of ether oxygens (including phenoxy) is 3. The molecule has 5 nitrogen and oxygen atoms in total. The zero-order chi connectivity index (χ0) is 15.1. The summed E-state index contributed by atoms with van der Waals surface area (Å²) in [4.78, 5) is 15.7. The first kappa shape index (κ1) is 14.8. The van der Waals surface area contributed by atoms with Crippen LogP contribution >= 0.6 is 0 Å². The van der Waals surface area contributed by atoms with Crippen molar-refractivity contribution in [1.82, 2.24) is 4.98 Å². The van der Waals surface area contributed by atoms with Crippen LogP contribution in [0.1, 0.15) is 15.9 Å². The van der Waals surface area contributed by atoms with Crippen LogP contribution in [0.3, 0.4) is 0 Å². The molecule has 0 amide bonds. The summed E-state index contributed by atoms with van der Waals surface area (Å²) in [6.07, 6.45) is 1.42. The molecule has 1 aromatic heterocycles. The average Bonchev–Trinajstić information content (AvgIpc) is 2.53. The van der Waals surface area contributed by atoms with E-state index in [1.54, 1.807) is 12.1 Å². The molecular weight excluding hydrogens is 270 g/mol. The number of hydrogen-bond donors (Lipinski definition) is 0. The molecule has 1 aromatic carbocycles. The summed E-state index contributed by atoms with van der Waals surface area (Å²) in [5, 5.41) is 0. The third kappa shape index (κ3) is 4.21. The van der Waals surface area contributed by atoms with Gasteiger partial charge in [-0.3, -0.25) is 0 Å². The predicted octanol–water partition coefficient (Wildman–Crippen LogP) is 2.63. The molecule has 0 radical (unpaired) electrons. The Hall–Kier alpha value is -2.56. The van der Waals surface area contributed by atoms with Crippen LogP contribution in [0.15, 0.2) is 42.6 Å². The number of methoxy groups -OCH3 is 1. The van der Waals surface area contributed by atoms with E-state index in [0.29, 0.717) is 18.1 Å².